The van der Waals surface area contributed by atoms with Crippen molar-refractivity contribution in [1.29, 1.82) is 0 Å². The molecule has 1 fully saturated rings. The Hall–Kier alpha value is -4.71. The quantitative estimate of drug-likeness (QED) is 0.0701. The van der Waals surface area contributed by atoms with Crippen LogP contribution < -0.4 is 32.7 Å². The second-order valence-corrected chi connectivity index (χ2v) is 14.4. The molecule has 1 heterocycles. The second kappa shape index (κ2) is 22.4. The number of carboxylic acid groups (broad SMARTS) is 2. The summed E-state index contributed by atoms with van der Waals surface area (Å²) < 4.78 is 0. The van der Waals surface area contributed by atoms with Gasteiger partial charge in [0.1, 0.15) is 30.2 Å². The Morgan fingerprint density at radius 1 is 0.830 bits per heavy atom. The minimum absolute atomic E-state index is 0.0393. The van der Waals surface area contributed by atoms with Gasteiger partial charge in [-0.2, -0.15) is 11.8 Å². The van der Waals surface area contributed by atoms with E-state index in [0.29, 0.717) is 24.2 Å². The summed E-state index contributed by atoms with van der Waals surface area (Å²) in [5.74, 6) is -6.33. The van der Waals surface area contributed by atoms with Gasteiger partial charge in [0.25, 0.3) is 0 Å². The monoisotopic (exact) mass is 763 g/mol. The molecule has 1 aromatic rings. The Balaban J connectivity index is 2.31. The first-order chi connectivity index (χ1) is 25.0. The SMILES string of the molecule is CSCC[C@H](N)C(=O)N[C@@H](CC(C)C)C(=O)N[C@@H](CCC(=O)O)C(=O)N1CCC[C@H]1C(=O)N[C@@H](Cc1ccccc1)C(=O)N[C@@H](CCC(N)=O)C(=O)O. The lowest BCUT2D eigenvalue weighted by molar-refractivity contribution is -0.144. The standard InChI is InChI=1S/C35H53N7O10S/c1-20(2)18-25(40-30(46)22(36)15-17-53-3)31(47)38-23(12-14-29(44)45)34(50)42-16-7-10-27(42)33(49)41-26(19-21-8-5-4-6-9-21)32(48)39-24(35(51)52)11-13-28(37)43/h4-6,8-9,20,22-27H,7,10-19,36H2,1-3H3,(H2,37,43)(H,38,47)(H,39,48)(H,40,46)(H,41,49)(H,44,45)(H,51,52)/t22-,23-,24-,25-,26-,27-/m0/s1. The zero-order valence-electron chi connectivity index (χ0n) is 30.4. The van der Waals surface area contributed by atoms with Gasteiger partial charge in [0.05, 0.1) is 6.04 Å². The summed E-state index contributed by atoms with van der Waals surface area (Å²) in [6, 6.07) is 1.45. The van der Waals surface area contributed by atoms with Gasteiger partial charge >= 0.3 is 11.9 Å². The lowest BCUT2D eigenvalue weighted by Gasteiger charge is -2.31. The van der Waals surface area contributed by atoms with E-state index in [9.17, 15) is 48.6 Å². The van der Waals surface area contributed by atoms with Crippen LogP contribution in [0, 0.1) is 5.92 Å². The highest BCUT2D eigenvalue weighted by molar-refractivity contribution is 7.98. The van der Waals surface area contributed by atoms with E-state index in [-0.39, 0.29) is 51.0 Å². The molecule has 10 N–H and O–H groups in total. The topological polar surface area (TPSA) is 280 Å². The molecule has 1 aliphatic heterocycles. The third-order valence-corrected chi connectivity index (χ3v) is 9.26. The maximum atomic E-state index is 14.0. The Morgan fingerprint density at radius 2 is 1.43 bits per heavy atom. The van der Waals surface area contributed by atoms with Crippen LogP contribution >= 0.6 is 11.8 Å². The summed E-state index contributed by atoms with van der Waals surface area (Å²) in [7, 11) is 0. The highest BCUT2D eigenvalue weighted by Gasteiger charge is 2.40. The van der Waals surface area contributed by atoms with Crippen molar-refractivity contribution in [3.63, 3.8) is 0 Å². The van der Waals surface area contributed by atoms with E-state index >= 15 is 0 Å². The van der Waals surface area contributed by atoms with Crippen LogP contribution in [0.3, 0.4) is 0 Å². The predicted molar refractivity (Wildman–Crippen MR) is 196 cm³/mol. The van der Waals surface area contributed by atoms with Crippen LogP contribution in [-0.2, 0) is 44.8 Å². The molecule has 17 nitrogen and oxygen atoms in total. The molecule has 53 heavy (non-hydrogen) atoms. The number of aliphatic carboxylic acids is 2. The number of primary amides is 1. The molecule has 0 bridgehead atoms. The molecule has 1 aliphatic rings. The fourth-order valence-electron chi connectivity index (χ4n) is 5.80. The van der Waals surface area contributed by atoms with Gasteiger partial charge in [-0.1, -0.05) is 44.2 Å². The van der Waals surface area contributed by atoms with E-state index in [2.05, 4.69) is 21.3 Å². The van der Waals surface area contributed by atoms with Crippen molar-refractivity contribution in [3.05, 3.63) is 35.9 Å². The summed E-state index contributed by atoms with van der Waals surface area (Å²) >= 11 is 1.51. The number of nitrogens with one attached hydrogen (secondary N) is 4. The smallest absolute Gasteiger partial charge is 0.326 e. The van der Waals surface area contributed by atoms with E-state index < -0.39 is 90.1 Å². The fraction of sp³-hybridized carbons (Fsp3) is 0.600. The molecule has 0 spiro atoms. The molecular formula is C35H53N7O10S. The van der Waals surface area contributed by atoms with Crippen LogP contribution in [0.2, 0.25) is 0 Å². The lowest BCUT2D eigenvalue weighted by atomic mass is 10.0. The highest BCUT2D eigenvalue weighted by Crippen LogP contribution is 2.21. The van der Waals surface area contributed by atoms with Gasteiger partial charge in [-0.25, -0.2) is 4.79 Å². The zero-order chi connectivity index (χ0) is 39.7. The number of carbonyl (C=O) groups is 8. The number of hydrogen-bond acceptors (Lipinski definition) is 10. The molecule has 2 rings (SSSR count). The van der Waals surface area contributed by atoms with Crippen LogP contribution in [0.4, 0.5) is 0 Å². The van der Waals surface area contributed by atoms with Crippen molar-refractivity contribution in [1.82, 2.24) is 26.2 Å². The highest BCUT2D eigenvalue weighted by atomic mass is 32.2. The van der Waals surface area contributed by atoms with Gasteiger partial charge in [-0.15, -0.1) is 0 Å². The van der Waals surface area contributed by atoms with Crippen LogP contribution in [0.5, 0.6) is 0 Å². The Morgan fingerprint density at radius 3 is 2.02 bits per heavy atom. The molecule has 6 amide bonds. The number of benzene rings is 1. The molecule has 0 aromatic heterocycles. The number of likely N-dealkylation sites (tertiary alicyclic amines) is 1. The minimum atomic E-state index is -1.47. The summed E-state index contributed by atoms with van der Waals surface area (Å²) in [6.45, 7) is 3.78. The maximum absolute atomic E-state index is 14.0. The van der Waals surface area contributed by atoms with Crippen LogP contribution in [0.1, 0.15) is 70.8 Å². The van der Waals surface area contributed by atoms with Gasteiger partial charge in [-0.3, -0.25) is 33.6 Å². The van der Waals surface area contributed by atoms with E-state index in [1.54, 1.807) is 30.3 Å². The minimum Gasteiger partial charge on any atom is -0.481 e. The number of nitrogens with zero attached hydrogens (tertiary/aromatic N) is 1. The van der Waals surface area contributed by atoms with Crippen molar-refractivity contribution in [2.75, 3.05) is 18.6 Å². The molecule has 294 valence electrons. The first-order valence-corrected chi connectivity index (χ1v) is 19.0. The van der Waals surface area contributed by atoms with Gasteiger partial charge in [-0.05, 0) is 62.0 Å². The van der Waals surface area contributed by atoms with Gasteiger partial charge in [0, 0.05) is 25.8 Å². The van der Waals surface area contributed by atoms with E-state index in [0.717, 1.165) is 0 Å². The summed E-state index contributed by atoms with van der Waals surface area (Å²) in [6.07, 6.45) is 1.62. The molecule has 0 saturated carbocycles. The summed E-state index contributed by atoms with van der Waals surface area (Å²) in [4.78, 5) is 104. The first-order valence-electron chi connectivity index (χ1n) is 17.6. The number of thioether (sulfide) groups is 1. The maximum Gasteiger partial charge on any atom is 0.326 e. The molecule has 0 radical (unpaired) electrons. The summed E-state index contributed by atoms with van der Waals surface area (Å²) in [5, 5.41) is 29.3. The van der Waals surface area contributed by atoms with Crippen molar-refractivity contribution >= 4 is 59.1 Å². The van der Waals surface area contributed by atoms with E-state index in [1.807, 2.05) is 20.1 Å². The van der Waals surface area contributed by atoms with Crippen LogP contribution in [0.15, 0.2) is 30.3 Å². The predicted octanol–water partition coefficient (Wildman–Crippen LogP) is -0.499. The largest absolute Gasteiger partial charge is 0.481 e. The van der Waals surface area contributed by atoms with Crippen molar-refractivity contribution in [2.45, 2.75) is 108 Å². The van der Waals surface area contributed by atoms with E-state index in [1.165, 1.54) is 16.7 Å². The van der Waals surface area contributed by atoms with Crippen molar-refractivity contribution in [2.24, 2.45) is 17.4 Å². The summed E-state index contributed by atoms with van der Waals surface area (Å²) in [5.41, 5.74) is 11.8. The molecule has 1 saturated heterocycles. The van der Waals surface area contributed by atoms with Crippen LogP contribution in [-0.4, -0.2) is 117 Å². The molecule has 0 aliphatic carbocycles. The number of carboxylic acids is 2. The molecule has 18 heteroatoms. The molecule has 1 aromatic carbocycles. The van der Waals surface area contributed by atoms with Crippen molar-refractivity contribution in [3.8, 4) is 0 Å². The zero-order valence-corrected chi connectivity index (χ0v) is 31.2. The Bertz CT molecular complexity index is 1450. The lowest BCUT2D eigenvalue weighted by Crippen LogP contribution is -2.59. The fourth-order valence-corrected chi connectivity index (χ4v) is 6.29. The number of amides is 6. The first kappa shape index (κ1) is 44.5. The molecule has 0 unspecified atom stereocenters. The number of nitrogens with two attached hydrogens (primary N) is 2. The molecular weight excluding hydrogens is 710 g/mol. The third-order valence-electron chi connectivity index (χ3n) is 8.62. The number of hydrogen-bond donors (Lipinski definition) is 8. The number of carbonyl (C=O) groups excluding carboxylic acids is 6. The second-order valence-electron chi connectivity index (χ2n) is 13.4. The van der Waals surface area contributed by atoms with Crippen molar-refractivity contribution < 1.29 is 48.6 Å². The molecule has 6 atom stereocenters. The third kappa shape index (κ3) is 15.4. The van der Waals surface area contributed by atoms with Gasteiger partial charge in [0.15, 0.2) is 0 Å². The van der Waals surface area contributed by atoms with E-state index in [4.69, 9.17) is 11.5 Å². The van der Waals surface area contributed by atoms with Gasteiger partial charge < -0.3 is 47.8 Å². The number of rotatable bonds is 23. The van der Waals surface area contributed by atoms with Crippen LogP contribution in [0.25, 0.3) is 0 Å². The Kier molecular flexibility index (Phi) is 18.8. The average molecular weight is 764 g/mol. The Labute approximate surface area is 313 Å². The van der Waals surface area contributed by atoms with Gasteiger partial charge in [0.2, 0.25) is 35.4 Å². The normalized spacial score (nSPS) is 16.8. The average Bonchev–Trinajstić information content (AvgIpc) is 3.60.